The third kappa shape index (κ3) is 3.53. The van der Waals surface area contributed by atoms with Gasteiger partial charge in [0.15, 0.2) is 0 Å². The Hall–Kier alpha value is -1.02. The number of hydrogen-bond donors (Lipinski definition) is 2. The van der Waals surface area contributed by atoms with E-state index in [9.17, 15) is 0 Å². The molecule has 0 fully saturated rings. The van der Waals surface area contributed by atoms with Gasteiger partial charge >= 0.3 is 0 Å². The second kappa shape index (κ2) is 5.90. The number of aryl methyl sites for hydroxylation is 3. The summed E-state index contributed by atoms with van der Waals surface area (Å²) in [6.45, 7) is 10.5. The standard InChI is InChI=1S/C14H24N2/c1-10(5-6-15)9-16-14-12(3)7-11(2)8-13(14)4/h7-8,10,16H,5-6,9,15H2,1-4H3. The highest BCUT2D eigenvalue weighted by Gasteiger charge is 2.05. The average molecular weight is 220 g/mol. The van der Waals surface area contributed by atoms with Crippen LogP contribution in [0.2, 0.25) is 0 Å². The quantitative estimate of drug-likeness (QED) is 0.800. The van der Waals surface area contributed by atoms with Gasteiger partial charge in [0.2, 0.25) is 0 Å². The Labute approximate surface area is 99.2 Å². The molecule has 0 bridgehead atoms. The molecule has 0 saturated heterocycles. The summed E-state index contributed by atoms with van der Waals surface area (Å²) in [5.41, 5.74) is 10.8. The van der Waals surface area contributed by atoms with Gasteiger partial charge in [0, 0.05) is 12.2 Å². The van der Waals surface area contributed by atoms with Crippen molar-refractivity contribution in [2.75, 3.05) is 18.4 Å². The number of anilines is 1. The zero-order valence-electron chi connectivity index (χ0n) is 10.9. The summed E-state index contributed by atoms with van der Waals surface area (Å²) < 4.78 is 0. The molecule has 0 aliphatic heterocycles. The molecule has 3 N–H and O–H groups in total. The van der Waals surface area contributed by atoms with Crippen LogP contribution in [0.4, 0.5) is 5.69 Å². The molecule has 1 aromatic rings. The van der Waals surface area contributed by atoms with E-state index >= 15 is 0 Å². The minimum Gasteiger partial charge on any atom is -0.384 e. The van der Waals surface area contributed by atoms with E-state index in [4.69, 9.17) is 5.73 Å². The van der Waals surface area contributed by atoms with Crippen molar-refractivity contribution in [1.29, 1.82) is 0 Å². The molecular formula is C14H24N2. The lowest BCUT2D eigenvalue weighted by atomic mass is 10.0. The first kappa shape index (κ1) is 13.0. The summed E-state index contributed by atoms with van der Waals surface area (Å²) in [6, 6.07) is 4.45. The molecule has 0 aliphatic carbocycles. The maximum atomic E-state index is 5.55. The van der Waals surface area contributed by atoms with Gasteiger partial charge in [-0.1, -0.05) is 24.6 Å². The van der Waals surface area contributed by atoms with Crippen LogP contribution >= 0.6 is 0 Å². The fraction of sp³-hybridized carbons (Fsp3) is 0.571. The number of nitrogens with one attached hydrogen (secondary N) is 1. The van der Waals surface area contributed by atoms with E-state index in [1.165, 1.54) is 22.4 Å². The van der Waals surface area contributed by atoms with E-state index in [0.29, 0.717) is 5.92 Å². The van der Waals surface area contributed by atoms with Gasteiger partial charge < -0.3 is 11.1 Å². The number of rotatable bonds is 5. The summed E-state index contributed by atoms with van der Waals surface area (Å²) in [7, 11) is 0. The van der Waals surface area contributed by atoms with Gasteiger partial charge in [-0.05, 0) is 50.8 Å². The van der Waals surface area contributed by atoms with Crippen molar-refractivity contribution in [3.8, 4) is 0 Å². The molecule has 16 heavy (non-hydrogen) atoms. The summed E-state index contributed by atoms with van der Waals surface area (Å²) in [5.74, 6) is 0.630. The Bertz CT molecular complexity index is 322. The predicted octanol–water partition coefficient (Wildman–Crippen LogP) is 3.01. The van der Waals surface area contributed by atoms with Gasteiger partial charge in [-0.3, -0.25) is 0 Å². The van der Waals surface area contributed by atoms with Crippen LogP contribution < -0.4 is 11.1 Å². The van der Waals surface area contributed by atoms with Gasteiger partial charge in [-0.25, -0.2) is 0 Å². The van der Waals surface area contributed by atoms with Crippen LogP contribution in [-0.4, -0.2) is 13.1 Å². The number of hydrogen-bond acceptors (Lipinski definition) is 2. The molecule has 1 rings (SSSR count). The Morgan fingerprint density at radius 3 is 2.25 bits per heavy atom. The van der Waals surface area contributed by atoms with Crippen molar-refractivity contribution in [2.24, 2.45) is 11.7 Å². The lowest BCUT2D eigenvalue weighted by molar-refractivity contribution is 0.568. The highest BCUT2D eigenvalue weighted by atomic mass is 14.9. The predicted molar refractivity (Wildman–Crippen MR) is 72.0 cm³/mol. The highest BCUT2D eigenvalue weighted by Crippen LogP contribution is 2.22. The molecule has 1 aromatic carbocycles. The van der Waals surface area contributed by atoms with Crippen LogP contribution in [0.15, 0.2) is 12.1 Å². The van der Waals surface area contributed by atoms with Crippen molar-refractivity contribution in [1.82, 2.24) is 0 Å². The molecule has 1 unspecified atom stereocenters. The molecule has 0 aliphatic rings. The van der Waals surface area contributed by atoms with Crippen LogP contribution in [0.25, 0.3) is 0 Å². The Balaban J connectivity index is 2.67. The first-order valence-corrected chi connectivity index (χ1v) is 6.06. The van der Waals surface area contributed by atoms with Crippen molar-refractivity contribution in [3.63, 3.8) is 0 Å². The topological polar surface area (TPSA) is 38.0 Å². The summed E-state index contributed by atoms with van der Waals surface area (Å²) in [6.07, 6.45) is 1.08. The maximum absolute atomic E-state index is 5.55. The summed E-state index contributed by atoms with van der Waals surface area (Å²) >= 11 is 0. The fourth-order valence-corrected chi connectivity index (χ4v) is 2.12. The first-order chi connectivity index (χ1) is 7.54. The van der Waals surface area contributed by atoms with Gasteiger partial charge in [0.1, 0.15) is 0 Å². The Morgan fingerprint density at radius 1 is 1.19 bits per heavy atom. The zero-order valence-corrected chi connectivity index (χ0v) is 10.9. The highest BCUT2D eigenvalue weighted by molar-refractivity contribution is 5.58. The third-order valence-electron chi connectivity index (χ3n) is 2.96. The minimum atomic E-state index is 0.630. The van der Waals surface area contributed by atoms with E-state index in [2.05, 4.69) is 45.1 Å². The smallest absolute Gasteiger partial charge is 0.0399 e. The minimum absolute atomic E-state index is 0.630. The van der Waals surface area contributed by atoms with Gasteiger partial charge in [-0.15, -0.1) is 0 Å². The lowest BCUT2D eigenvalue weighted by Gasteiger charge is -2.17. The van der Waals surface area contributed by atoms with Crippen LogP contribution in [-0.2, 0) is 0 Å². The van der Waals surface area contributed by atoms with E-state index < -0.39 is 0 Å². The molecule has 1 atom stereocenters. The fourth-order valence-electron chi connectivity index (χ4n) is 2.12. The summed E-state index contributed by atoms with van der Waals surface area (Å²) in [5, 5.41) is 3.54. The van der Waals surface area contributed by atoms with Crippen molar-refractivity contribution in [2.45, 2.75) is 34.1 Å². The molecule has 0 aromatic heterocycles. The van der Waals surface area contributed by atoms with E-state index in [1.54, 1.807) is 0 Å². The second-order valence-corrected chi connectivity index (χ2v) is 4.84. The summed E-state index contributed by atoms with van der Waals surface area (Å²) in [4.78, 5) is 0. The van der Waals surface area contributed by atoms with Gasteiger partial charge in [0.05, 0.1) is 0 Å². The first-order valence-electron chi connectivity index (χ1n) is 6.06. The Kier molecular flexibility index (Phi) is 4.81. The normalized spacial score (nSPS) is 12.6. The van der Waals surface area contributed by atoms with Crippen LogP contribution in [0, 0.1) is 26.7 Å². The van der Waals surface area contributed by atoms with Crippen molar-refractivity contribution in [3.05, 3.63) is 28.8 Å². The van der Waals surface area contributed by atoms with E-state index in [0.717, 1.165) is 19.5 Å². The van der Waals surface area contributed by atoms with E-state index in [1.807, 2.05) is 0 Å². The monoisotopic (exact) mass is 220 g/mol. The molecule has 0 spiro atoms. The van der Waals surface area contributed by atoms with Crippen molar-refractivity contribution >= 4 is 5.69 Å². The Morgan fingerprint density at radius 2 is 1.75 bits per heavy atom. The lowest BCUT2D eigenvalue weighted by Crippen LogP contribution is -2.16. The van der Waals surface area contributed by atoms with E-state index in [-0.39, 0.29) is 0 Å². The number of nitrogens with two attached hydrogens (primary N) is 1. The molecule has 2 heteroatoms. The number of benzene rings is 1. The van der Waals surface area contributed by atoms with Gasteiger partial charge in [-0.2, -0.15) is 0 Å². The average Bonchev–Trinajstić information content (AvgIpc) is 2.16. The molecule has 0 radical (unpaired) electrons. The van der Waals surface area contributed by atoms with Gasteiger partial charge in [0.25, 0.3) is 0 Å². The van der Waals surface area contributed by atoms with Crippen LogP contribution in [0.1, 0.15) is 30.0 Å². The maximum Gasteiger partial charge on any atom is 0.0399 e. The SMILES string of the molecule is Cc1cc(C)c(NCC(C)CCN)c(C)c1. The molecule has 90 valence electrons. The van der Waals surface area contributed by atoms with Crippen LogP contribution in [0.3, 0.4) is 0 Å². The molecule has 0 amide bonds. The molecule has 2 nitrogen and oxygen atoms in total. The van der Waals surface area contributed by atoms with Crippen LogP contribution in [0.5, 0.6) is 0 Å². The molecule has 0 saturated carbocycles. The molecular weight excluding hydrogens is 196 g/mol. The second-order valence-electron chi connectivity index (χ2n) is 4.84. The zero-order chi connectivity index (χ0) is 12.1. The largest absolute Gasteiger partial charge is 0.384 e. The van der Waals surface area contributed by atoms with Crippen molar-refractivity contribution < 1.29 is 0 Å². The third-order valence-corrected chi connectivity index (χ3v) is 2.96. The molecule has 0 heterocycles.